The van der Waals surface area contributed by atoms with Gasteiger partial charge in [-0.1, -0.05) is 11.6 Å². The Labute approximate surface area is 137 Å². The Morgan fingerprint density at radius 2 is 1.83 bits per heavy atom. The average molecular weight is 349 g/mol. The number of benzene rings is 1. The predicted molar refractivity (Wildman–Crippen MR) is 81.3 cm³/mol. The van der Waals surface area contributed by atoms with Gasteiger partial charge in [0.05, 0.1) is 30.2 Å². The molecule has 0 spiro atoms. The molecule has 0 saturated carbocycles. The normalized spacial score (nSPS) is 27.0. The molecular weight excluding hydrogens is 331 g/mol. The van der Waals surface area contributed by atoms with Crippen LogP contribution in [0.3, 0.4) is 0 Å². The van der Waals surface area contributed by atoms with Crippen LogP contribution in [0.1, 0.15) is 5.56 Å². The summed E-state index contributed by atoms with van der Waals surface area (Å²) in [5.41, 5.74) is -0.809. The number of carbonyl (C=O) groups excluding carboxylic acids is 1. The van der Waals surface area contributed by atoms with Gasteiger partial charge in [0.1, 0.15) is 0 Å². The molecule has 1 aromatic rings. The van der Waals surface area contributed by atoms with Crippen molar-refractivity contribution in [1.29, 1.82) is 0 Å². The third kappa shape index (κ3) is 3.62. The Balaban J connectivity index is 1.68. The fraction of sp³-hybridized carbons (Fsp3) is 0.533. The van der Waals surface area contributed by atoms with E-state index in [9.17, 15) is 18.0 Å². The van der Waals surface area contributed by atoms with Gasteiger partial charge in [0.15, 0.2) is 6.54 Å². The van der Waals surface area contributed by atoms with Crippen LogP contribution in [0.25, 0.3) is 0 Å². The molecule has 3 aliphatic heterocycles. The van der Waals surface area contributed by atoms with Gasteiger partial charge in [-0.05, 0) is 18.2 Å². The zero-order valence-corrected chi connectivity index (χ0v) is 13.3. The third-order valence-electron chi connectivity index (χ3n) is 4.71. The summed E-state index contributed by atoms with van der Waals surface area (Å²) in [5.74, 6) is -0.254. The molecule has 126 valence electrons. The first-order valence-electron chi connectivity index (χ1n) is 7.52. The number of fused-ring (bicyclic) bond motifs is 3. The number of alkyl halides is 3. The summed E-state index contributed by atoms with van der Waals surface area (Å²) in [6.45, 7) is 5.99. The van der Waals surface area contributed by atoms with Gasteiger partial charge in [0, 0.05) is 25.3 Å². The minimum absolute atomic E-state index is 0.126. The number of halogens is 4. The highest BCUT2D eigenvalue weighted by Gasteiger charge is 2.40. The smallest absolute Gasteiger partial charge is 0.321 e. The van der Waals surface area contributed by atoms with Crippen LogP contribution in [-0.2, 0) is 11.0 Å². The summed E-state index contributed by atoms with van der Waals surface area (Å²) >= 11 is 5.58. The average Bonchev–Trinajstić information content (AvgIpc) is 2.49. The number of anilines is 1. The van der Waals surface area contributed by atoms with E-state index in [4.69, 9.17) is 11.6 Å². The Morgan fingerprint density at radius 3 is 2.39 bits per heavy atom. The molecule has 2 bridgehead atoms. The monoisotopic (exact) mass is 348 g/mol. The lowest BCUT2D eigenvalue weighted by Crippen LogP contribution is -2.68. The first-order valence-corrected chi connectivity index (χ1v) is 7.89. The van der Waals surface area contributed by atoms with E-state index in [1.54, 1.807) is 0 Å². The molecule has 0 unspecified atom stereocenters. The second-order valence-corrected chi connectivity index (χ2v) is 6.66. The lowest BCUT2D eigenvalue weighted by Gasteiger charge is -2.50. The molecular formula is C15H18ClF3N3O+. The standard InChI is InChI=1S/C15H17ClF3N3O/c16-13-2-1-11(9-12(13)15(17,18)19)20-14(23)10-22-6-3-21(4-7-22)5-8-22/h1-2,9H,3-8,10H2/p+1. The van der Waals surface area contributed by atoms with E-state index in [2.05, 4.69) is 10.2 Å². The number of rotatable bonds is 3. The third-order valence-corrected chi connectivity index (χ3v) is 5.04. The van der Waals surface area contributed by atoms with Crippen molar-refractivity contribution < 1.29 is 22.4 Å². The van der Waals surface area contributed by atoms with Crippen molar-refractivity contribution in [3.63, 3.8) is 0 Å². The summed E-state index contributed by atoms with van der Waals surface area (Å²) in [5, 5.41) is 2.21. The fourth-order valence-electron chi connectivity index (χ4n) is 3.29. The Kier molecular flexibility index (Phi) is 4.29. The minimum atomic E-state index is -4.54. The highest BCUT2D eigenvalue weighted by molar-refractivity contribution is 6.31. The lowest BCUT2D eigenvalue weighted by atomic mass is 10.1. The number of carbonyl (C=O) groups is 1. The summed E-state index contributed by atoms with van der Waals surface area (Å²) in [4.78, 5) is 14.6. The van der Waals surface area contributed by atoms with Crippen LogP contribution < -0.4 is 5.32 Å². The van der Waals surface area contributed by atoms with Gasteiger partial charge >= 0.3 is 6.18 Å². The molecule has 4 nitrogen and oxygen atoms in total. The molecule has 1 N–H and O–H groups in total. The predicted octanol–water partition coefficient (Wildman–Crippen LogP) is 2.44. The summed E-state index contributed by atoms with van der Waals surface area (Å²) < 4.78 is 39.3. The molecule has 3 fully saturated rings. The van der Waals surface area contributed by atoms with Gasteiger partial charge in [0.25, 0.3) is 5.91 Å². The molecule has 8 heteroatoms. The summed E-state index contributed by atoms with van der Waals surface area (Å²) in [6, 6.07) is 3.43. The Bertz CT molecular complexity index is 599. The number of quaternary nitrogens is 1. The molecule has 3 saturated heterocycles. The molecule has 3 aliphatic rings. The maximum atomic E-state index is 12.9. The molecule has 3 heterocycles. The van der Waals surface area contributed by atoms with Crippen molar-refractivity contribution in [2.45, 2.75) is 6.18 Å². The van der Waals surface area contributed by atoms with E-state index in [-0.39, 0.29) is 16.6 Å². The van der Waals surface area contributed by atoms with Crippen LogP contribution in [0.2, 0.25) is 5.02 Å². The number of nitrogens with one attached hydrogen (secondary N) is 1. The fourth-order valence-corrected chi connectivity index (χ4v) is 3.52. The second-order valence-electron chi connectivity index (χ2n) is 6.25. The number of piperazine rings is 3. The number of hydrogen-bond donors (Lipinski definition) is 1. The van der Waals surface area contributed by atoms with Crippen molar-refractivity contribution in [2.75, 3.05) is 51.1 Å². The molecule has 0 aromatic heterocycles. The van der Waals surface area contributed by atoms with E-state index < -0.39 is 11.7 Å². The van der Waals surface area contributed by atoms with Gasteiger partial charge in [-0.2, -0.15) is 13.2 Å². The zero-order valence-electron chi connectivity index (χ0n) is 12.5. The van der Waals surface area contributed by atoms with Gasteiger partial charge in [0.2, 0.25) is 0 Å². The van der Waals surface area contributed by atoms with Crippen LogP contribution in [0.15, 0.2) is 18.2 Å². The first-order chi connectivity index (χ1) is 10.8. The molecule has 0 aliphatic carbocycles. The number of amides is 1. The van der Waals surface area contributed by atoms with E-state index in [0.717, 1.165) is 55.9 Å². The summed E-state index contributed by atoms with van der Waals surface area (Å²) in [7, 11) is 0. The molecule has 0 atom stereocenters. The highest BCUT2D eigenvalue weighted by atomic mass is 35.5. The van der Waals surface area contributed by atoms with E-state index in [0.29, 0.717) is 6.54 Å². The van der Waals surface area contributed by atoms with Crippen LogP contribution >= 0.6 is 11.6 Å². The van der Waals surface area contributed by atoms with Crippen molar-refractivity contribution in [2.24, 2.45) is 0 Å². The topological polar surface area (TPSA) is 32.3 Å². The van der Waals surface area contributed by atoms with Crippen LogP contribution in [-0.4, -0.2) is 61.1 Å². The number of hydrogen-bond acceptors (Lipinski definition) is 2. The summed E-state index contributed by atoms with van der Waals surface area (Å²) in [6.07, 6.45) is -4.54. The first kappa shape index (κ1) is 16.5. The highest BCUT2D eigenvalue weighted by Crippen LogP contribution is 2.36. The van der Waals surface area contributed by atoms with Gasteiger partial charge in [-0.15, -0.1) is 0 Å². The van der Waals surface area contributed by atoms with E-state index in [1.165, 1.54) is 6.07 Å². The van der Waals surface area contributed by atoms with Crippen LogP contribution in [0, 0.1) is 0 Å². The molecule has 0 radical (unpaired) electrons. The van der Waals surface area contributed by atoms with Crippen LogP contribution in [0.5, 0.6) is 0 Å². The lowest BCUT2D eigenvalue weighted by molar-refractivity contribution is -0.933. The van der Waals surface area contributed by atoms with Crippen molar-refractivity contribution in [3.05, 3.63) is 28.8 Å². The maximum Gasteiger partial charge on any atom is 0.417 e. The van der Waals surface area contributed by atoms with Gasteiger partial charge in [-0.25, -0.2) is 0 Å². The second kappa shape index (κ2) is 5.96. The SMILES string of the molecule is O=C(C[N+]12CCN(CC1)CC2)Nc1ccc(Cl)c(C(F)(F)F)c1. The van der Waals surface area contributed by atoms with Crippen molar-refractivity contribution in [3.8, 4) is 0 Å². The van der Waals surface area contributed by atoms with Gasteiger partial charge < -0.3 is 9.80 Å². The van der Waals surface area contributed by atoms with Crippen molar-refractivity contribution >= 4 is 23.2 Å². The van der Waals surface area contributed by atoms with E-state index >= 15 is 0 Å². The molecule has 23 heavy (non-hydrogen) atoms. The largest absolute Gasteiger partial charge is 0.417 e. The Morgan fingerprint density at radius 1 is 1.22 bits per heavy atom. The van der Waals surface area contributed by atoms with Gasteiger partial charge in [-0.3, -0.25) is 9.69 Å². The van der Waals surface area contributed by atoms with E-state index in [1.807, 2.05) is 0 Å². The molecule has 4 rings (SSSR count). The maximum absolute atomic E-state index is 12.9. The quantitative estimate of drug-likeness (QED) is 0.851. The van der Waals surface area contributed by atoms with Crippen LogP contribution in [0.4, 0.5) is 18.9 Å². The minimum Gasteiger partial charge on any atom is -0.321 e. The molecule has 1 aromatic carbocycles. The zero-order chi connectivity index (χ0) is 16.7. The van der Waals surface area contributed by atoms with Crippen molar-refractivity contribution in [1.82, 2.24) is 4.90 Å². The Hall–Kier alpha value is -1.31. The number of nitrogens with zero attached hydrogens (tertiary/aromatic N) is 2. The molecule has 1 amide bonds.